The van der Waals surface area contributed by atoms with Crippen LogP contribution in [0.1, 0.15) is 38.3 Å². The van der Waals surface area contributed by atoms with Crippen molar-refractivity contribution in [2.24, 2.45) is 0 Å². The maximum absolute atomic E-state index is 5.56. The van der Waals surface area contributed by atoms with E-state index in [1.165, 1.54) is 16.3 Å². The van der Waals surface area contributed by atoms with Gasteiger partial charge in [0.25, 0.3) is 0 Å². The van der Waals surface area contributed by atoms with Crippen LogP contribution in [0.4, 0.5) is 0 Å². The van der Waals surface area contributed by atoms with Crippen LogP contribution in [-0.2, 0) is 12.0 Å². The molecule has 0 saturated carbocycles. The van der Waals surface area contributed by atoms with Gasteiger partial charge in [0.1, 0.15) is 11.1 Å². The number of benzene rings is 1. The van der Waals surface area contributed by atoms with E-state index >= 15 is 0 Å². The predicted octanol–water partition coefficient (Wildman–Crippen LogP) is 2.98. The molecule has 126 valence electrons. The van der Waals surface area contributed by atoms with Gasteiger partial charge in [0.15, 0.2) is 11.5 Å². The first-order valence-electron chi connectivity index (χ1n) is 8.07. The van der Waals surface area contributed by atoms with Crippen LogP contribution in [0.15, 0.2) is 12.1 Å². The van der Waals surface area contributed by atoms with E-state index in [2.05, 4.69) is 49.1 Å². The first kappa shape index (κ1) is 16.5. The van der Waals surface area contributed by atoms with E-state index in [4.69, 9.17) is 9.47 Å². The van der Waals surface area contributed by atoms with Crippen molar-refractivity contribution in [2.75, 3.05) is 27.0 Å². The van der Waals surface area contributed by atoms with Gasteiger partial charge in [-0.25, -0.2) is 4.58 Å². The standard InChI is InChI=1S/C18H26N2O2S/c1-17(2)11-18(3)13-10-15(22-5)14(21-4)9-12(13)7-8-20(18)16(19-17)23-6/h9-10H,7-8,11H2,1-6H3/p+1/t18-/m0/s1. The molecule has 1 aromatic rings. The number of nitrogens with zero attached hydrogens (tertiary/aromatic N) is 1. The number of hydrogen-bond acceptors (Lipinski definition) is 4. The second kappa shape index (κ2) is 5.62. The summed E-state index contributed by atoms with van der Waals surface area (Å²) in [6.45, 7) is 7.94. The zero-order valence-corrected chi connectivity index (χ0v) is 15.8. The normalized spacial score (nSPS) is 25.3. The molecule has 0 spiro atoms. The molecule has 0 bridgehead atoms. The van der Waals surface area contributed by atoms with Gasteiger partial charge in [-0.15, -0.1) is 0 Å². The monoisotopic (exact) mass is 335 g/mol. The van der Waals surface area contributed by atoms with Crippen LogP contribution in [-0.4, -0.2) is 42.3 Å². The highest BCUT2D eigenvalue weighted by atomic mass is 32.2. The SMILES string of the molecule is COc1cc2c(cc1OC)[C@]1(C)CC(C)(C)NC(SC)=[N+]1CC2. The lowest BCUT2D eigenvalue weighted by molar-refractivity contribution is -0.625. The largest absolute Gasteiger partial charge is 0.493 e. The topological polar surface area (TPSA) is 33.5 Å². The van der Waals surface area contributed by atoms with Crippen LogP contribution in [0, 0.1) is 0 Å². The second-order valence-electron chi connectivity index (χ2n) is 7.23. The summed E-state index contributed by atoms with van der Waals surface area (Å²) < 4.78 is 13.6. The van der Waals surface area contributed by atoms with Gasteiger partial charge >= 0.3 is 5.17 Å². The Labute approximate surface area is 143 Å². The van der Waals surface area contributed by atoms with Crippen LogP contribution in [0.2, 0.25) is 0 Å². The maximum Gasteiger partial charge on any atom is 0.307 e. The summed E-state index contributed by atoms with van der Waals surface area (Å²) >= 11 is 1.80. The van der Waals surface area contributed by atoms with Gasteiger partial charge in [-0.3, -0.25) is 5.32 Å². The summed E-state index contributed by atoms with van der Waals surface area (Å²) in [7, 11) is 3.41. The fourth-order valence-electron chi connectivity index (χ4n) is 4.19. The number of fused-ring (bicyclic) bond motifs is 3. The lowest BCUT2D eigenvalue weighted by atomic mass is 9.74. The minimum Gasteiger partial charge on any atom is -0.493 e. The van der Waals surface area contributed by atoms with Crippen LogP contribution in [0.25, 0.3) is 0 Å². The molecule has 3 rings (SSSR count). The van der Waals surface area contributed by atoms with Crippen molar-refractivity contribution in [1.82, 2.24) is 5.32 Å². The third-order valence-corrected chi connectivity index (χ3v) is 5.77. The third kappa shape index (κ3) is 2.59. The number of methoxy groups -OCH3 is 2. The Balaban J connectivity index is 2.21. The number of amidine groups is 1. The van der Waals surface area contributed by atoms with E-state index in [1.807, 2.05) is 0 Å². The molecule has 0 radical (unpaired) electrons. The zero-order valence-electron chi connectivity index (χ0n) is 14.9. The highest BCUT2D eigenvalue weighted by molar-refractivity contribution is 8.13. The molecule has 1 N–H and O–H groups in total. The minimum atomic E-state index is -0.0276. The number of nitrogens with one attached hydrogen (secondary N) is 1. The Kier molecular flexibility index (Phi) is 4.03. The molecule has 23 heavy (non-hydrogen) atoms. The summed E-state index contributed by atoms with van der Waals surface area (Å²) in [6, 6.07) is 4.34. The van der Waals surface area contributed by atoms with Crippen molar-refractivity contribution in [1.29, 1.82) is 0 Å². The van der Waals surface area contributed by atoms with Crippen molar-refractivity contribution in [3.63, 3.8) is 0 Å². The van der Waals surface area contributed by atoms with Crippen molar-refractivity contribution in [3.8, 4) is 11.5 Å². The fourth-order valence-corrected chi connectivity index (χ4v) is 5.08. The van der Waals surface area contributed by atoms with E-state index in [-0.39, 0.29) is 11.1 Å². The smallest absolute Gasteiger partial charge is 0.307 e. The molecule has 2 heterocycles. The highest BCUT2D eigenvalue weighted by Crippen LogP contribution is 2.45. The van der Waals surface area contributed by atoms with E-state index in [0.717, 1.165) is 30.9 Å². The van der Waals surface area contributed by atoms with E-state index in [9.17, 15) is 0 Å². The number of hydrogen-bond donors (Lipinski definition) is 1. The van der Waals surface area contributed by atoms with Crippen LogP contribution >= 0.6 is 11.8 Å². The van der Waals surface area contributed by atoms with Crippen molar-refractivity contribution >= 4 is 16.9 Å². The lowest BCUT2D eigenvalue weighted by Crippen LogP contribution is -2.61. The summed E-state index contributed by atoms with van der Waals surface area (Å²) in [5.41, 5.74) is 2.77. The van der Waals surface area contributed by atoms with Gasteiger partial charge < -0.3 is 9.47 Å². The van der Waals surface area contributed by atoms with E-state index in [0.29, 0.717) is 0 Å². The molecule has 1 aromatic carbocycles. The van der Waals surface area contributed by atoms with Gasteiger partial charge in [-0.1, -0.05) is 0 Å². The van der Waals surface area contributed by atoms with Crippen molar-refractivity contribution in [3.05, 3.63) is 23.3 Å². The third-order valence-electron chi connectivity index (χ3n) is 5.06. The lowest BCUT2D eigenvalue weighted by Gasteiger charge is -2.45. The van der Waals surface area contributed by atoms with Crippen molar-refractivity contribution < 1.29 is 14.0 Å². The number of ether oxygens (including phenoxy) is 2. The molecule has 2 aliphatic rings. The van der Waals surface area contributed by atoms with Crippen molar-refractivity contribution in [2.45, 2.75) is 44.7 Å². The van der Waals surface area contributed by atoms with E-state index in [1.54, 1.807) is 26.0 Å². The molecule has 5 heteroatoms. The second-order valence-corrected chi connectivity index (χ2v) is 8.03. The van der Waals surface area contributed by atoms with Crippen LogP contribution in [0.5, 0.6) is 11.5 Å². The molecule has 4 nitrogen and oxygen atoms in total. The van der Waals surface area contributed by atoms with Crippen LogP contribution in [0.3, 0.4) is 0 Å². The molecule has 1 atom stereocenters. The quantitative estimate of drug-likeness (QED) is 0.843. The number of rotatable bonds is 2. The Morgan fingerprint density at radius 1 is 1.13 bits per heavy atom. The Morgan fingerprint density at radius 3 is 2.39 bits per heavy atom. The van der Waals surface area contributed by atoms with E-state index < -0.39 is 0 Å². The average Bonchev–Trinajstić information content (AvgIpc) is 2.51. The van der Waals surface area contributed by atoms with Gasteiger partial charge in [0.2, 0.25) is 0 Å². The molecular weight excluding hydrogens is 308 g/mol. The summed E-state index contributed by atoms with van der Waals surface area (Å²) in [5, 5.41) is 4.97. The predicted molar refractivity (Wildman–Crippen MR) is 96.1 cm³/mol. The van der Waals surface area contributed by atoms with Gasteiger partial charge in [-0.2, -0.15) is 0 Å². The van der Waals surface area contributed by atoms with Gasteiger partial charge in [-0.05, 0) is 56.5 Å². The first-order valence-corrected chi connectivity index (χ1v) is 9.29. The fraction of sp³-hybridized carbons (Fsp3) is 0.611. The van der Waals surface area contributed by atoms with Gasteiger partial charge in [0, 0.05) is 18.4 Å². The molecule has 0 amide bonds. The highest BCUT2D eigenvalue weighted by Gasteiger charge is 2.50. The molecule has 0 saturated heterocycles. The Bertz CT molecular complexity index is 669. The maximum atomic E-state index is 5.56. The zero-order chi connectivity index (χ0) is 16.8. The molecule has 2 aliphatic heterocycles. The minimum absolute atomic E-state index is 0.0276. The molecule has 0 fully saturated rings. The summed E-state index contributed by atoms with van der Waals surface area (Å²) in [4.78, 5) is 0. The molecule has 0 unspecified atom stereocenters. The number of thioether (sulfide) groups is 1. The molecule has 0 aromatic heterocycles. The van der Waals surface area contributed by atoms with Crippen LogP contribution < -0.4 is 14.8 Å². The summed E-state index contributed by atoms with van der Waals surface area (Å²) in [6.07, 6.45) is 4.22. The summed E-state index contributed by atoms with van der Waals surface area (Å²) in [5.74, 6) is 1.64. The Morgan fingerprint density at radius 2 is 1.78 bits per heavy atom. The first-order chi connectivity index (χ1) is 10.8. The molecular formula is C18H27N2O2S+. The van der Waals surface area contributed by atoms with Gasteiger partial charge in [0.05, 0.1) is 20.8 Å². The average molecular weight is 335 g/mol. The Hall–Kier alpha value is -1.36. The molecule has 0 aliphatic carbocycles.